The highest BCUT2D eigenvalue weighted by atomic mass is 35.5. The second-order valence-corrected chi connectivity index (χ2v) is 6.72. The number of benzene rings is 1. The number of rotatable bonds is 3. The van der Waals surface area contributed by atoms with E-state index in [2.05, 4.69) is 5.32 Å². The molecule has 1 aromatic heterocycles. The van der Waals surface area contributed by atoms with Crippen LogP contribution in [0.5, 0.6) is 0 Å². The molecule has 1 aromatic carbocycles. The third-order valence-electron chi connectivity index (χ3n) is 3.89. The first-order valence-electron chi connectivity index (χ1n) is 6.45. The zero-order chi connectivity index (χ0) is 14.3. The van der Waals surface area contributed by atoms with Crippen LogP contribution >= 0.6 is 22.9 Å². The van der Waals surface area contributed by atoms with Gasteiger partial charge in [-0.2, -0.15) is 0 Å². The molecule has 1 heterocycles. The molecule has 0 spiro atoms. The summed E-state index contributed by atoms with van der Waals surface area (Å²) in [6.07, 6.45) is 2.65. The molecule has 0 bridgehead atoms. The predicted octanol–water partition coefficient (Wildman–Crippen LogP) is 2.78. The van der Waals surface area contributed by atoms with Gasteiger partial charge < -0.3 is 16.2 Å². The van der Waals surface area contributed by atoms with Crippen molar-refractivity contribution in [1.29, 1.82) is 0 Å². The van der Waals surface area contributed by atoms with Gasteiger partial charge in [-0.15, -0.1) is 11.3 Å². The van der Waals surface area contributed by atoms with Gasteiger partial charge in [-0.05, 0) is 37.5 Å². The first-order chi connectivity index (χ1) is 9.54. The summed E-state index contributed by atoms with van der Waals surface area (Å²) in [5, 5.41) is 13.7. The van der Waals surface area contributed by atoms with Gasteiger partial charge in [-0.25, -0.2) is 0 Å². The van der Waals surface area contributed by atoms with Crippen LogP contribution in [0.15, 0.2) is 18.2 Å². The first-order valence-corrected chi connectivity index (χ1v) is 7.65. The molecule has 106 valence electrons. The Balaban J connectivity index is 1.93. The van der Waals surface area contributed by atoms with Crippen molar-refractivity contribution < 1.29 is 9.90 Å². The van der Waals surface area contributed by atoms with Crippen LogP contribution in [0.3, 0.4) is 0 Å². The summed E-state index contributed by atoms with van der Waals surface area (Å²) in [7, 11) is 0. The van der Waals surface area contributed by atoms with E-state index >= 15 is 0 Å². The molecule has 2 aromatic rings. The third-order valence-corrected chi connectivity index (χ3v) is 5.31. The molecule has 4 N–H and O–H groups in total. The van der Waals surface area contributed by atoms with Gasteiger partial charge >= 0.3 is 0 Å². The van der Waals surface area contributed by atoms with Gasteiger partial charge in [0.05, 0.1) is 17.8 Å². The highest BCUT2D eigenvalue weighted by Gasteiger charge is 2.38. The Morgan fingerprint density at radius 2 is 2.25 bits per heavy atom. The monoisotopic (exact) mass is 310 g/mol. The lowest BCUT2D eigenvalue weighted by molar-refractivity contribution is 0.0646. The molecule has 1 fully saturated rings. The predicted molar refractivity (Wildman–Crippen MR) is 82.4 cm³/mol. The Bertz CT molecular complexity index is 674. The van der Waals surface area contributed by atoms with E-state index < -0.39 is 5.54 Å². The van der Waals surface area contributed by atoms with Crippen LogP contribution in [0.2, 0.25) is 5.02 Å². The van der Waals surface area contributed by atoms with E-state index in [0.29, 0.717) is 15.6 Å². The van der Waals surface area contributed by atoms with Crippen LogP contribution in [0.4, 0.5) is 5.69 Å². The van der Waals surface area contributed by atoms with Crippen molar-refractivity contribution in [1.82, 2.24) is 5.32 Å². The quantitative estimate of drug-likeness (QED) is 0.816. The first kappa shape index (κ1) is 13.7. The van der Waals surface area contributed by atoms with Crippen molar-refractivity contribution >= 4 is 44.6 Å². The Morgan fingerprint density at radius 3 is 2.85 bits per heavy atom. The van der Waals surface area contributed by atoms with Gasteiger partial charge in [-0.1, -0.05) is 11.6 Å². The summed E-state index contributed by atoms with van der Waals surface area (Å²) in [5.74, 6) is -0.214. The maximum absolute atomic E-state index is 12.4. The van der Waals surface area contributed by atoms with Gasteiger partial charge in [0.1, 0.15) is 4.88 Å². The number of anilines is 1. The number of aliphatic hydroxyl groups excluding tert-OH is 1. The fourth-order valence-corrected chi connectivity index (χ4v) is 3.65. The lowest BCUT2D eigenvalue weighted by Crippen LogP contribution is -2.56. The summed E-state index contributed by atoms with van der Waals surface area (Å²) in [4.78, 5) is 12.9. The van der Waals surface area contributed by atoms with Gasteiger partial charge in [0.25, 0.3) is 5.91 Å². The van der Waals surface area contributed by atoms with Crippen molar-refractivity contribution in [2.24, 2.45) is 0 Å². The number of amides is 1. The molecule has 0 atom stereocenters. The number of hydrogen-bond donors (Lipinski definition) is 3. The standard InChI is InChI=1S/C14H15ClN2O2S/c15-8-2-3-10-9(6-8)11(16)12(20-10)13(19)17-14(7-18)4-1-5-14/h2-3,6,18H,1,4-5,7,16H2,(H,17,19). The molecule has 0 unspecified atom stereocenters. The van der Waals surface area contributed by atoms with Crippen molar-refractivity contribution in [3.8, 4) is 0 Å². The number of aliphatic hydroxyl groups is 1. The molecule has 1 saturated carbocycles. The van der Waals surface area contributed by atoms with Crippen LogP contribution in [-0.4, -0.2) is 23.2 Å². The maximum Gasteiger partial charge on any atom is 0.264 e. The lowest BCUT2D eigenvalue weighted by atomic mass is 9.77. The second kappa shape index (κ2) is 4.91. The molecule has 3 rings (SSSR count). The van der Waals surface area contributed by atoms with Crippen molar-refractivity contribution in [2.45, 2.75) is 24.8 Å². The molecule has 20 heavy (non-hydrogen) atoms. The molecule has 1 aliphatic rings. The Hall–Kier alpha value is -1.30. The van der Waals surface area contributed by atoms with Crippen LogP contribution in [0.25, 0.3) is 10.1 Å². The zero-order valence-corrected chi connectivity index (χ0v) is 12.4. The number of nitrogen functional groups attached to an aromatic ring is 1. The number of halogens is 1. The van der Waals surface area contributed by atoms with Crippen LogP contribution in [0.1, 0.15) is 28.9 Å². The van der Waals surface area contributed by atoms with E-state index in [1.165, 1.54) is 11.3 Å². The minimum absolute atomic E-state index is 0.0324. The summed E-state index contributed by atoms with van der Waals surface area (Å²) >= 11 is 7.30. The SMILES string of the molecule is Nc1c(C(=O)NC2(CO)CCC2)sc2ccc(Cl)cc12. The summed E-state index contributed by atoms with van der Waals surface area (Å²) < 4.78 is 0.934. The van der Waals surface area contributed by atoms with E-state index in [0.717, 1.165) is 29.3 Å². The van der Waals surface area contributed by atoms with Gasteiger partial charge in [0.2, 0.25) is 0 Å². The lowest BCUT2D eigenvalue weighted by Gasteiger charge is -2.40. The Kier molecular flexibility index (Phi) is 3.36. The summed E-state index contributed by atoms with van der Waals surface area (Å²) in [5.41, 5.74) is 6.05. The molecule has 1 amide bonds. The molecular weight excluding hydrogens is 296 g/mol. The highest BCUT2D eigenvalue weighted by molar-refractivity contribution is 7.21. The minimum atomic E-state index is -0.461. The van der Waals surface area contributed by atoms with Gasteiger partial charge in [0.15, 0.2) is 0 Å². The molecule has 0 aliphatic heterocycles. The van der Waals surface area contributed by atoms with E-state index in [1.807, 2.05) is 6.07 Å². The van der Waals surface area contributed by atoms with Crippen LogP contribution < -0.4 is 11.1 Å². The number of nitrogens with two attached hydrogens (primary N) is 1. The number of carbonyl (C=O) groups excluding carboxylic acids is 1. The van der Waals surface area contributed by atoms with Gasteiger partial charge in [0, 0.05) is 15.1 Å². The summed E-state index contributed by atoms with van der Waals surface area (Å²) in [6.45, 7) is -0.0324. The number of carbonyl (C=O) groups is 1. The molecule has 4 nitrogen and oxygen atoms in total. The second-order valence-electron chi connectivity index (χ2n) is 5.23. The maximum atomic E-state index is 12.4. The largest absolute Gasteiger partial charge is 0.397 e. The number of thiophene rings is 1. The molecule has 0 saturated heterocycles. The van der Waals surface area contributed by atoms with E-state index in [-0.39, 0.29) is 12.5 Å². The fourth-order valence-electron chi connectivity index (χ4n) is 2.48. The van der Waals surface area contributed by atoms with Crippen LogP contribution in [0, 0.1) is 0 Å². The van der Waals surface area contributed by atoms with Gasteiger partial charge in [-0.3, -0.25) is 4.79 Å². The number of fused-ring (bicyclic) bond motifs is 1. The smallest absolute Gasteiger partial charge is 0.264 e. The molecule has 0 radical (unpaired) electrons. The molecular formula is C14H15ClN2O2S. The van der Waals surface area contributed by atoms with Crippen molar-refractivity contribution in [3.05, 3.63) is 28.1 Å². The zero-order valence-electron chi connectivity index (χ0n) is 10.8. The van der Waals surface area contributed by atoms with Crippen molar-refractivity contribution in [3.63, 3.8) is 0 Å². The van der Waals surface area contributed by atoms with E-state index in [4.69, 9.17) is 17.3 Å². The topological polar surface area (TPSA) is 75.4 Å². The average Bonchev–Trinajstić information content (AvgIpc) is 2.71. The minimum Gasteiger partial charge on any atom is -0.397 e. The average molecular weight is 311 g/mol. The van der Waals surface area contributed by atoms with E-state index in [1.54, 1.807) is 12.1 Å². The summed E-state index contributed by atoms with van der Waals surface area (Å²) in [6, 6.07) is 5.41. The van der Waals surface area contributed by atoms with Crippen molar-refractivity contribution in [2.75, 3.05) is 12.3 Å². The molecule has 6 heteroatoms. The fraction of sp³-hybridized carbons (Fsp3) is 0.357. The van der Waals surface area contributed by atoms with Crippen LogP contribution in [-0.2, 0) is 0 Å². The third kappa shape index (κ3) is 2.16. The highest BCUT2D eigenvalue weighted by Crippen LogP contribution is 2.37. The van der Waals surface area contributed by atoms with E-state index in [9.17, 15) is 9.90 Å². The normalized spacial score (nSPS) is 16.9. The number of hydrogen-bond acceptors (Lipinski definition) is 4. The molecule has 1 aliphatic carbocycles. The Labute approximate surface area is 125 Å². The Morgan fingerprint density at radius 1 is 1.50 bits per heavy atom. The number of nitrogens with one attached hydrogen (secondary N) is 1.